The molecular formula is C23H30N4O2. The molecule has 1 aromatic heterocycles. The van der Waals surface area contributed by atoms with Crippen molar-refractivity contribution in [1.29, 1.82) is 0 Å². The van der Waals surface area contributed by atoms with E-state index >= 15 is 0 Å². The van der Waals surface area contributed by atoms with Crippen LogP contribution in [0.2, 0.25) is 0 Å². The molecule has 154 valence electrons. The number of nitrogens with zero attached hydrogens (tertiary/aromatic N) is 3. The molecule has 1 saturated carbocycles. The first kappa shape index (κ1) is 19.7. The van der Waals surface area contributed by atoms with Crippen molar-refractivity contribution >= 4 is 11.9 Å². The maximum absolute atomic E-state index is 13.1. The van der Waals surface area contributed by atoms with Crippen LogP contribution < -0.4 is 15.0 Å². The smallest absolute Gasteiger partial charge is 0.225 e. The number of benzene rings is 1. The molecule has 6 heteroatoms. The first-order valence-corrected chi connectivity index (χ1v) is 10.7. The summed E-state index contributed by atoms with van der Waals surface area (Å²) < 4.78 is 6.28. The van der Waals surface area contributed by atoms with Crippen LogP contribution in [-0.4, -0.2) is 41.1 Å². The largest absolute Gasteiger partial charge is 0.488 e. The highest BCUT2D eigenvalue weighted by molar-refractivity contribution is 5.79. The van der Waals surface area contributed by atoms with E-state index in [0.29, 0.717) is 12.5 Å². The molecule has 3 atom stereocenters. The molecule has 0 bridgehead atoms. The van der Waals surface area contributed by atoms with E-state index in [1.165, 1.54) is 5.56 Å². The highest BCUT2D eigenvalue weighted by Gasteiger charge is 2.32. The van der Waals surface area contributed by atoms with Gasteiger partial charge in [-0.25, -0.2) is 9.97 Å². The number of rotatable bonds is 5. The topological polar surface area (TPSA) is 67.3 Å². The number of piperidine rings is 1. The molecule has 0 radical (unpaired) electrons. The fraction of sp³-hybridized carbons (Fsp3) is 0.522. The first-order chi connectivity index (χ1) is 14.2. The van der Waals surface area contributed by atoms with Crippen molar-refractivity contribution in [2.45, 2.75) is 57.6 Å². The van der Waals surface area contributed by atoms with Crippen LogP contribution in [0.3, 0.4) is 0 Å². The van der Waals surface area contributed by atoms with Gasteiger partial charge in [0.05, 0.1) is 12.0 Å². The predicted molar refractivity (Wildman–Crippen MR) is 113 cm³/mol. The summed E-state index contributed by atoms with van der Waals surface area (Å²) >= 11 is 0. The lowest BCUT2D eigenvalue weighted by molar-refractivity contribution is -0.127. The second kappa shape index (κ2) is 9.25. The average molecular weight is 395 g/mol. The number of aryl methyl sites for hydroxylation is 1. The van der Waals surface area contributed by atoms with E-state index in [4.69, 9.17) is 4.74 Å². The van der Waals surface area contributed by atoms with Crippen molar-refractivity contribution in [3.8, 4) is 5.75 Å². The molecule has 1 N–H and O–H groups in total. The van der Waals surface area contributed by atoms with Gasteiger partial charge in [-0.2, -0.15) is 0 Å². The Hall–Kier alpha value is -2.63. The van der Waals surface area contributed by atoms with Gasteiger partial charge in [0.25, 0.3) is 0 Å². The molecule has 1 amide bonds. The maximum atomic E-state index is 13.1. The molecule has 1 aliphatic heterocycles. The average Bonchev–Trinajstić information content (AvgIpc) is 2.76. The minimum Gasteiger partial charge on any atom is -0.488 e. The Kier molecular flexibility index (Phi) is 6.27. The molecule has 0 spiro atoms. The molecule has 2 heterocycles. The lowest BCUT2D eigenvalue weighted by Gasteiger charge is -2.36. The van der Waals surface area contributed by atoms with Crippen molar-refractivity contribution in [3.63, 3.8) is 0 Å². The highest BCUT2D eigenvalue weighted by atomic mass is 16.5. The van der Waals surface area contributed by atoms with Crippen LogP contribution in [-0.2, 0) is 4.79 Å². The lowest BCUT2D eigenvalue weighted by atomic mass is 9.90. The van der Waals surface area contributed by atoms with E-state index in [9.17, 15) is 4.79 Å². The molecule has 2 fully saturated rings. The van der Waals surface area contributed by atoms with Gasteiger partial charge in [0, 0.05) is 25.5 Å². The molecule has 4 rings (SSSR count). The summed E-state index contributed by atoms with van der Waals surface area (Å²) in [6.45, 7) is 3.64. The number of ether oxygens (including phenoxy) is 1. The molecule has 3 unspecified atom stereocenters. The summed E-state index contributed by atoms with van der Waals surface area (Å²) in [5.41, 5.74) is 1.18. The van der Waals surface area contributed by atoms with E-state index in [0.717, 1.165) is 50.8 Å². The zero-order valence-electron chi connectivity index (χ0n) is 17.1. The number of amides is 1. The Balaban J connectivity index is 1.38. The second-order valence-corrected chi connectivity index (χ2v) is 8.21. The Morgan fingerprint density at radius 3 is 2.76 bits per heavy atom. The number of carbonyl (C=O) groups is 1. The molecular weight excluding hydrogens is 364 g/mol. The Labute approximate surface area is 172 Å². The van der Waals surface area contributed by atoms with E-state index in [-0.39, 0.29) is 24.0 Å². The van der Waals surface area contributed by atoms with Crippen LogP contribution in [0.5, 0.6) is 5.75 Å². The minimum absolute atomic E-state index is 0.0332. The fourth-order valence-corrected chi connectivity index (χ4v) is 4.39. The van der Waals surface area contributed by atoms with E-state index < -0.39 is 0 Å². The van der Waals surface area contributed by atoms with E-state index in [1.54, 1.807) is 12.4 Å². The molecule has 1 saturated heterocycles. The summed E-state index contributed by atoms with van der Waals surface area (Å²) in [7, 11) is 0. The third kappa shape index (κ3) is 5.05. The number of anilines is 1. The SMILES string of the molecule is Cc1cccc(OC2CCCCC2NC(=O)C2CCCN(c3ncccn3)C2)c1. The van der Waals surface area contributed by atoms with Crippen LogP contribution in [0.15, 0.2) is 42.7 Å². The molecule has 1 aliphatic carbocycles. The minimum atomic E-state index is -0.0332. The van der Waals surface area contributed by atoms with Crippen LogP contribution in [0, 0.1) is 12.8 Å². The third-order valence-corrected chi connectivity index (χ3v) is 5.93. The van der Waals surface area contributed by atoms with Gasteiger partial charge in [-0.15, -0.1) is 0 Å². The molecule has 29 heavy (non-hydrogen) atoms. The molecule has 6 nitrogen and oxygen atoms in total. The number of hydrogen-bond acceptors (Lipinski definition) is 5. The fourth-order valence-electron chi connectivity index (χ4n) is 4.39. The normalized spacial score (nSPS) is 24.7. The standard InChI is InChI=1S/C23H30N4O2/c1-17-7-4-9-19(15-17)29-21-11-3-2-10-20(21)26-22(28)18-8-5-14-27(16-18)23-24-12-6-13-25-23/h4,6-7,9,12-13,15,18,20-21H,2-3,5,8,10-11,14,16H2,1H3,(H,26,28). The highest BCUT2D eigenvalue weighted by Crippen LogP contribution is 2.26. The van der Waals surface area contributed by atoms with Crippen molar-refractivity contribution in [1.82, 2.24) is 15.3 Å². The Morgan fingerprint density at radius 1 is 1.10 bits per heavy atom. The van der Waals surface area contributed by atoms with Gasteiger partial charge in [0.2, 0.25) is 11.9 Å². The van der Waals surface area contributed by atoms with Gasteiger partial charge in [0.15, 0.2) is 0 Å². The van der Waals surface area contributed by atoms with Crippen LogP contribution in [0.25, 0.3) is 0 Å². The monoisotopic (exact) mass is 394 g/mol. The number of nitrogens with one attached hydrogen (secondary N) is 1. The molecule has 2 aliphatic rings. The van der Waals surface area contributed by atoms with E-state index in [1.807, 2.05) is 18.2 Å². The van der Waals surface area contributed by atoms with Gasteiger partial charge >= 0.3 is 0 Å². The zero-order chi connectivity index (χ0) is 20.1. The van der Waals surface area contributed by atoms with Gasteiger partial charge in [-0.05, 0) is 62.8 Å². The van der Waals surface area contributed by atoms with Gasteiger partial charge in [0.1, 0.15) is 11.9 Å². The zero-order valence-corrected chi connectivity index (χ0v) is 17.1. The molecule has 1 aromatic carbocycles. The van der Waals surface area contributed by atoms with Crippen molar-refractivity contribution in [2.75, 3.05) is 18.0 Å². The van der Waals surface area contributed by atoms with Gasteiger partial charge in [-0.3, -0.25) is 4.79 Å². The van der Waals surface area contributed by atoms with Crippen LogP contribution in [0.1, 0.15) is 44.1 Å². The number of hydrogen-bond donors (Lipinski definition) is 1. The van der Waals surface area contributed by atoms with Crippen molar-refractivity contribution in [3.05, 3.63) is 48.3 Å². The van der Waals surface area contributed by atoms with E-state index in [2.05, 4.69) is 39.2 Å². The van der Waals surface area contributed by atoms with Gasteiger partial charge in [-0.1, -0.05) is 18.6 Å². The lowest BCUT2D eigenvalue weighted by Crippen LogP contribution is -2.52. The number of carbonyl (C=O) groups excluding carboxylic acids is 1. The summed E-state index contributed by atoms with van der Waals surface area (Å²) in [4.78, 5) is 23.9. The predicted octanol–water partition coefficient (Wildman–Crippen LogP) is 3.51. The Morgan fingerprint density at radius 2 is 1.93 bits per heavy atom. The maximum Gasteiger partial charge on any atom is 0.225 e. The summed E-state index contributed by atoms with van der Waals surface area (Å²) in [5.74, 6) is 1.70. The third-order valence-electron chi connectivity index (χ3n) is 5.93. The van der Waals surface area contributed by atoms with Crippen molar-refractivity contribution in [2.24, 2.45) is 5.92 Å². The first-order valence-electron chi connectivity index (χ1n) is 10.7. The second-order valence-electron chi connectivity index (χ2n) is 8.21. The summed E-state index contributed by atoms with van der Waals surface area (Å²) in [6, 6.07) is 10.0. The number of aromatic nitrogens is 2. The Bertz CT molecular complexity index is 814. The molecule has 2 aromatic rings. The van der Waals surface area contributed by atoms with Crippen LogP contribution >= 0.6 is 0 Å². The van der Waals surface area contributed by atoms with Gasteiger partial charge < -0.3 is 15.0 Å². The van der Waals surface area contributed by atoms with Crippen LogP contribution in [0.4, 0.5) is 5.95 Å². The van der Waals surface area contributed by atoms with Crippen molar-refractivity contribution < 1.29 is 9.53 Å². The summed E-state index contributed by atoms with van der Waals surface area (Å²) in [5, 5.41) is 3.31. The summed E-state index contributed by atoms with van der Waals surface area (Å²) in [6.07, 6.45) is 9.65. The quantitative estimate of drug-likeness (QED) is 0.841.